The molecule has 0 saturated heterocycles. The van der Waals surface area contributed by atoms with Gasteiger partial charge < -0.3 is 14.2 Å². The van der Waals surface area contributed by atoms with Crippen LogP contribution in [0.25, 0.3) is 0 Å². The number of allylic oxidation sites excluding steroid dienone is 14. The van der Waals surface area contributed by atoms with Gasteiger partial charge in [-0.25, -0.2) is 0 Å². The van der Waals surface area contributed by atoms with Crippen LogP contribution in [0.2, 0.25) is 0 Å². The normalized spacial score (nSPS) is 12.7. The predicted octanol–water partition coefficient (Wildman–Crippen LogP) is 20.3. The number of rotatable bonds is 54. The number of carbonyl (C=O) groups excluding carboxylic acids is 3. The minimum absolute atomic E-state index is 0.0937. The van der Waals surface area contributed by atoms with Crippen molar-refractivity contribution in [2.45, 2.75) is 297 Å². The van der Waals surface area contributed by atoms with Crippen LogP contribution in [-0.2, 0) is 28.6 Å². The summed E-state index contributed by atoms with van der Waals surface area (Å²) in [7, 11) is 0. The monoisotopic (exact) mass is 989 g/mol. The maximum absolute atomic E-state index is 12.9. The van der Waals surface area contributed by atoms with Crippen LogP contribution in [0.3, 0.4) is 0 Å². The molecule has 0 amide bonds. The van der Waals surface area contributed by atoms with Gasteiger partial charge in [-0.3, -0.25) is 14.4 Å². The van der Waals surface area contributed by atoms with E-state index in [1.165, 1.54) is 141 Å². The highest BCUT2D eigenvalue weighted by Crippen LogP contribution is 2.15. The summed E-state index contributed by atoms with van der Waals surface area (Å²) in [5, 5.41) is 0. The number of hydrogen-bond acceptors (Lipinski definition) is 6. The lowest BCUT2D eigenvalue weighted by atomic mass is 10.1. The molecule has 0 bridgehead atoms. The first-order valence-corrected chi connectivity index (χ1v) is 30.2. The van der Waals surface area contributed by atoms with Crippen LogP contribution in [0.15, 0.2) is 85.1 Å². The van der Waals surface area contributed by atoms with Crippen LogP contribution in [0.4, 0.5) is 0 Å². The number of unbranched alkanes of at least 4 members (excludes halogenated alkanes) is 33. The van der Waals surface area contributed by atoms with Gasteiger partial charge in [-0.15, -0.1) is 0 Å². The fourth-order valence-electron chi connectivity index (χ4n) is 8.38. The van der Waals surface area contributed by atoms with Gasteiger partial charge in [0.05, 0.1) is 0 Å². The van der Waals surface area contributed by atoms with E-state index in [4.69, 9.17) is 14.2 Å². The lowest BCUT2D eigenvalue weighted by Crippen LogP contribution is -2.30. The van der Waals surface area contributed by atoms with Crippen molar-refractivity contribution in [1.29, 1.82) is 0 Å². The molecule has 6 nitrogen and oxygen atoms in total. The number of carbonyl (C=O) groups is 3. The Labute approximate surface area is 439 Å². The Morgan fingerprint density at radius 1 is 0.282 bits per heavy atom. The molecule has 0 aromatic rings. The molecule has 0 saturated carbocycles. The average Bonchev–Trinajstić information content (AvgIpc) is 3.37. The molecule has 0 aromatic carbocycles. The van der Waals surface area contributed by atoms with Crippen molar-refractivity contribution in [3.8, 4) is 0 Å². The van der Waals surface area contributed by atoms with E-state index in [1.807, 2.05) is 0 Å². The summed E-state index contributed by atoms with van der Waals surface area (Å²) < 4.78 is 16.9. The Morgan fingerprint density at radius 2 is 0.521 bits per heavy atom. The highest BCUT2D eigenvalue weighted by atomic mass is 16.6. The fourth-order valence-corrected chi connectivity index (χ4v) is 8.38. The van der Waals surface area contributed by atoms with E-state index in [2.05, 4.69) is 106 Å². The van der Waals surface area contributed by atoms with Crippen molar-refractivity contribution in [2.75, 3.05) is 13.2 Å². The summed E-state index contributed by atoms with van der Waals surface area (Å²) in [5.74, 6) is -0.930. The molecule has 0 N–H and O–H groups in total. The molecular formula is C65H112O6. The lowest BCUT2D eigenvalue weighted by Gasteiger charge is -2.18. The molecule has 0 radical (unpaired) electrons. The van der Waals surface area contributed by atoms with Crippen molar-refractivity contribution in [2.24, 2.45) is 0 Å². The van der Waals surface area contributed by atoms with E-state index in [9.17, 15) is 14.4 Å². The smallest absolute Gasteiger partial charge is 0.306 e. The topological polar surface area (TPSA) is 78.9 Å². The molecule has 0 aromatic heterocycles. The SMILES string of the molecule is CCCCCCC\C=C/C=C\C=C/CCCCCCCC(=O)OCC(COC(=O)CCCCCCCCC/C=C\CCCCCCCC)OC(=O)CCCCCCC\C=C/C=C\C=C/CCCCCCC. The van der Waals surface area contributed by atoms with Crippen LogP contribution in [0.5, 0.6) is 0 Å². The quantitative estimate of drug-likeness (QED) is 0.0199. The standard InChI is InChI=1S/C65H112O6/c1-4-7-10-13-16-19-22-25-28-31-34-37-40-43-46-49-52-55-58-64(67)70-61-62(60-69-63(66)57-54-51-48-45-42-39-36-33-30-27-24-21-18-15-12-9-6-3)71-65(68)59-56-53-50-47-44-41-38-35-32-29-26-23-20-17-14-11-8-5-2/h22-23,25-32,34-35,37-38,62H,4-21,24,33,36,39-61H2,1-3H3/b25-22-,26-23-,30-27-,31-28-,32-29-,37-34-,38-35-. The number of hydrogen-bond donors (Lipinski definition) is 0. The largest absolute Gasteiger partial charge is 0.462 e. The third-order valence-electron chi connectivity index (χ3n) is 13.0. The molecule has 0 aliphatic rings. The lowest BCUT2D eigenvalue weighted by molar-refractivity contribution is -0.167. The molecule has 0 rings (SSSR count). The molecule has 0 spiro atoms. The fraction of sp³-hybridized carbons (Fsp3) is 0.738. The zero-order chi connectivity index (χ0) is 51.4. The summed E-state index contributed by atoms with van der Waals surface area (Å²) >= 11 is 0. The second-order valence-electron chi connectivity index (χ2n) is 20.0. The average molecular weight is 990 g/mol. The second kappa shape index (κ2) is 59.2. The molecule has 6 heteroatoms. The van der Waals surface area contributed by atoms with Gasteiger partial charge in [-0.1, -0.05) is 260 Å². The molecular weight excluding hydrogens is 877 g/mol. The van der Waals surface area contributed by atoms with Gasteiger partial charge >= 0.3 is 17.9 Å². The van der Waals surface area contributed by atoms with Crippen LogP contribution >= 0.6 is 0 Å². The van der Waals surface area contributed by atoms with E-state index >= 15 is 0 Å². The summed E-state index contributed by atoms with van der Waals surface area (Å²) in [6.07, 6.45) is 77.1. The van der Waals surface area contributed by atoms with Crippen molar-refractivity contribution >= 4 is 17.9 Å². The molecule has 0 aliphatic carbocycles. The Bertz CT molecular complexity index is 1370. The van der Waals surface area contributed by atoms with Gasteiger partial charge in [-0.2, -0.15) is 0 Å². The van der Waals surface area contributed by atoms with E-state index < -0.39 is 6.10 Å². The molecule has 0 fully saturated rings. The third-order valence-corrected chi connectivity index (χ3v) is 13.0. The molecule has 1 atom stereocenters. The second-order valence-corrected chi connectivity index (χ2v) is 20.0. The maximum atomic E-state index is 12.9. The zero-order valence-corrected chi connectivity index (χ0v) is 46.7. The van der Waals surface area contributed by atoms with Gasteiger partial charge in [-0.05, 0) is 96.3 Å². The molecule has 1 unspecified atom stereocenters. The van der Waals surface area contributed by atoms with E-state index in [0.717, 1.165) is 109 Å². The number of esters is 3. The maximum Gasteiger partial charge on any atom is 0.306 e. The van der Waals surface area contributed by atoms with Gasteiger partial charge in [0.2, 0.25) is 0 Å². The van der Waals surface area contributed by atoms with E-state index in [0.29, 0.717) is 19.3 Å². The highest BCUT2D eigenvalue weighted by molar-refractivity contribution is 5.71. The van der Waals surface area contributed by atoms with Crippen molar-refractivity contribution < 1.29 is 28.6 Å². The van der Waals surface area contributed by atoms with Gasteiger partial charge in [0.1, 0.15) is 13.2 Å². The van der Waals surface area contributed by atoms with Crippen LogP contribution in [0, 0.1) is 0 Å². The zero-order valence-electron chi connectivity index (χ0n) is 46.7. The third kappa shape index (κ3) is 57.4. The van der Waals surface area contributed by atoms with Crippen molar-refractivity contribution in [3.63, 3.8) is 0 Å². The molecule has 408 valence electrons. The van der Waals surface area contributed by atoms with Crippen LogP contribution in [-0.4, -0.2) is 37.2 Å². The highest BCUT2D eigenvalue weighted by Gasteiger charge is 2.19. The first kappa shape index (κ1) is 67.6. The summed E-state index contributed by atoms with van der Waals surface area (Å²) in [6.45, 7) is 6.59. The van der Waals surface area contributed by atoms with Gasteiger partial charge in [0.15, 0.2) is 6.10 Å². The Hall–Kier alpha value is -3.41. The first-order valence-electron chi connectivity index (χ1n) is 30.2. The van der Waals surface area contributed by atoms with Crippen LogP contribution < -0.4 is 0 Å². The summed E-state index contributed by atoms with van der Waals surface area (Å²) in [6, 6.07) is 0. The van der Waals surface area contributed by atoms with E-state index in [-0.39, 0.29) is 31.1 Å². The number of ether oxygens (including phenoxy) is 3. The van der Waals surface area contributed by atoms with E-state index in [1.54, 1.807) is 0 Å². The predicted molar refractivity (Wildman–Crippen MR) is 307 cm³/mol. The Kier molecular flexibility index (Phi) is 56.3. The van der Waals surface area contributed by atoms with Gasteiger partial charge in [0.25, 0.3) is 0 Å². The van der Waals surface area contributed by atoms with Crippen molar-refractivity contribution in [1.82, 2.24) is 0 Å². The minimum Gasteiger partial charge on any atom is -0.462 e. The summed E-state index contributed by atoms with van der Waals surface area (Å²) in [5.41, 5.74) is 0. The molecule has 0 heterocycles. The summed E-state index contributed by atoms with van der Waals surface area (Å²) in [4.78, 5) is 38.2. The Morgan fingerprint density at radius 3 is 0.817 bits per heavy atom. The molecule has 0 aliphatic heterocycles. The van der Waals surface area contributed by atoms with Crippen LogP contribution in [0.1, 0.15) is 290 Å². The molecule has 71 heavy (non-hydrogen) atoms. The minimum atomic E-state index is -0.799. The Balaban J connectivity index is 4.48. The van der Waals surface area contributed by atoms with Gasteiger partial charge in [0, 0.05) is 19.3 Å². The van der Waals surface area contributed by atoms with Crippen molar-refractivity contribution in [3.05, 3.63) is 85.1 Å². The first-order chi connectivity index (χ1) is 35.0.